The van der Waals surface area contributed by atoms with Gasteiger partial charge in [0.15, 0.2) is 0 Å². The second-order valence-corrected chi connectivity index (χ2v) is 7.75. The predicted molar refractivity (Wildman–Crippen MR) is 119 cm³/mol. The van der Waals surface area contributed by atoms with Crippen molar-refractivity contribution in [3.8, 4) is 6.07 Å². The first kappa shape index (κ1) is 21.7. The number of fused-ring (bicyclic) bond motifs is 1. The summed E-state index contributed by atoms with van der Waals surface area (Å²) in [5.41, 5.74) is 4.25. The maximum atomic E-state index is 12.1. The van der Waals surface area contributed by atoms with E-state index in [1.807, 2.05) is 6.07 Å². The molecule has 0 unspecified atom stereocenters. The quantitative estimate of drug-likeness (QED) is 0.693. The van der Waals surface area contributed by atoms with Crippen molar-refractivity contribution in [3.63, 3.8) is 0 Å². The van der Waals surface area contributed by atoms with Crippen LogP contribution in [0.1, 0.15) is 36.5 Å². The molecule has 1 aliphatic heterocycles. The van der Waals surface area contributed by atoms with Crippen molar-refractivity contribution < 1.29 is 9.59 Å². The Morgan fingerprint density at radius 1 is 1.20 bits per heavy atom. The third kappa shape index (κ3) is 5.31. The Labute approximate surface area is 181 Å². The summed E-state index contributed by atoms with van der Waals surface area (Å²) < 4.78 is 0. The molecule has 0 spiro atoms. The minimum atomic E-state index is -0.825. The van der Waals surface area contributed by atoms with Crippen LogP contribution in [0.2, 0.25) is 5.02 Å². The summed E-state index contributed by atoms with van der Waals surface area (Å²) in [5, 5.41) is 14.6. The zero-order chi connectivity index (χ0) is 21.5. The maximum Gasteiger partial charge on any atom is 0.313 e. The standard InChI is InChI=1S/C23H25ClN4O2/c1-2-11-28-12-3-4-17-13-16(5-8-21(17)28)9-10-26-22(29)23(30)27-20-14-19(24)7-6-18(20)15-25/h5-8,13-14H,2-4,9-12H2,1H3,(H,26,29)(H,27,30). The van der Waals surface area contributed by atoms with Crippen molar-refractivity contribution in [2.75, 3.05) is 29.9 Å². The van der Waals surface area contributed by atoms with Crippen LogP contribution in [-0.4, -0.2) is 31.4 Å². The van der Waals surface area contributed by atoms with Gasteiger partial charge in [-0.25, -0.2) is 0 Å². The Hall–Kier alpha value is -3.04. The number of rotatable bonds is 6. The summed E-state index contributed by atoms with van der Waals surface area (Å²) >= 11 is 5.90. The van der Waals surface area contributed by atoms with Crippen LogP contribution in [0.5, 0.6) is 0 Å². The molecular weight excluding hydrogens is 400 g/mol. The highest BCUT2D eigenvalue weighted by Crippen LogP contribution is 2.28. The number of anilines is 2. The molecule has 0 bridgehead atoms. The second kappa shape index (κ2) is 10.1. The smallest absolute Gasteiger partial charge is 0.313 e. The minimum absolute atomic E-state index is 0.219. The van der Waals surface area contributed by atoms with Crippen molar-refractivity contribution in [2.45, 2.75) is 32.6 Å². The highest BCUT2D eigenvalue weighted by molar-refractivity contribution is 6.40. The lowest BCUT2D eigenvalue weighted by molar-refractivity contribution is -0.136. The molecule has 0 aliphatic carbocycles. The summed E-state index contributed by atoms with van der Waals surface area (Å²) in [6.45, 7) is 4.71. The first-order valence-corrected chi connectivity index (χ1v) is 10.5. The van der Waals surface area contributed by atoms with Crippen molar-refractivity contribution in [1.29, 1.82) is 5.26 Å². The van der Waals surface area contributed by atoms with Gasteiger partial charge in [0.1, 0.15) is 6.07 Å². The van der Waals surface area contributed by atoms with Gasteiger partial charge in [-0.1, -0.05) is 30.7 Å². The number of hydrogen-bond donors (Lipinski definition) is 2. The average Bonchev–Trinajstić information content (AvgIpc) is 2.74. The molecule has 2 aromatic carbocycles. The number of hydrogen-bond acceptors (Lipinski definition) is 4. The topological polar surface area (TPSA) is 85.2 Å². The molecule has 30 heavy (non-hydrogen) atoms. The van der Waals surface area contributed by atoms with Crippen molar-refractivity contribution >= 4 is 34.8 Å². The summed E-state index contributed by atoms with van der Waals surface area (Å²) in [6, 6.07) is 12.9. The molecule has 3 rings (SSSR count). The van der Waals surface area contributed by atoms with Gasteiger partial charge >= 0.3 is 11.8 Å². The number of carbonyl (C=O) groups excluding carboxylic acids is 2. The molecule has 6 nitrogen and oxygen atoms in total. The average molecular weight is 425 g/mol. The zero-order valence-electron chi connectivity index (χ0n) is 17.0. The highest BCUT2D eigenvalue weighted by Gasteiger charge is 2.17. The number of benzene rings is 2. The van der Waals surface area contributed by atoms with Gasteiger partial charge in [-0.05, 0) is 61.1 Å². The summed E-state index contributed by atoms with van der Waals surface area (Å²) in [5.74, 6) is -1.57. The van der Waals surface area contributed by atoms with Crippen LogP contribution < -0.4 is 15.5 Å². The van der Waals surface area contributed by atoms with E-state index < -0.39 is 11.8 Å². The van der Waals surface area contributed by atoms with E-state index in [-0.39, 0.29) is 11.3 Å². The van der Waals surface area contributed by atoms with Gasteiger partial charge in [-0.3, -0.25) is 9.59 Å². The lowest BCUT2D eigenvalue weighted by Crippen LogP contribution is -2.36. The number of nitriles is 1. The number of amides is 2. The molecule has 1 heterocycles. The van der Waals surface area contributed by atoms with Crippen molar-refractivity contribution in [3.05, 3.63) is 58.1 Å². The van der Waals surface area contributed by atoms with E-state index in [0.29, 0.717) is 18.0 Å². The van der Waals surface area contributed by atoms with Gasteiger partial charge in [0, 0.05) is 30.3 Å². The molecule has 2 aromatic rings. The van der Waals surface area contributed by atoms with E-state index in [0.717, 1.165) is 37.9 Å². The van der Waals surface area contributed by atoms with Gasteiger partial charge in [0.2, 0.25) is 0 Å². The molecular formula is C23H25ClN4O2. The Kier molecular flexibility index (Phi) is 7.31. The summed E-state index contributed by atoms with van der Waals surface area (Å²) in [7, 11) is 0. The van der Waals surface area contributed by atoms with Gasteiger partial charge in [-0.15, -0.1) is 0 Å². The molecule has 156 valence electrons. The van der Waals surface area contributed by atoms with Gasteiger partial charge in [-0.2, -0.15) is 5.26 Å². The molecule has 0 radical (unpaired) electrons. The van der Waals surface area contributed by atoms with Gasteiger partial charge < -0.3 is 15.5 Å². The van der Waals surface area contributed by atoms with Crippen molar-refractivity contribution in [2.24, 2.45) is 0 Å². The first-order chi connectivity index (χ1) is 14.5. The van der Waals surface area contributed by atoms with Crippen LogP contribution in [-0.2, 0) is 22.4 Å². The Balaban J connectivity index is 1.54. The SMILES string of the molecule is CCCN1CCCc2cc(CCNC(=O)C(=O)Nc3cc(Cl)ccc3C#N)ccc21. The van der Waals surface area contributed by atoms with Crippen LogP contribution in [0, 0.1) is 11.3 Å². The highest BCUT2D eigenvalue weighted by atomic mass is 35.5. The van der Waals surface area contributed by atoms with E-state index in [1.165, 1.54) is 23.4 Å². The molecule has 2 amide bonds. The molecule has 2 N–H and O–H groups in total. The maximum absolute atomic E-state index is 12.1. The number of nitrogens with zero attached hydrogens (tertiary/aromatic N) is 2. The van der Waals surface area contributed by atoms with E-state index in [4.69, 9.17) is 16.9 Å². The van der Waals surface area contributed by atoms with E-state index in [2.05, 4.69) is 40.7 Å². The second-order valence-electron chi connectivity index (χ2n) is 7.32. The Bertz CT molecular complexity index is 984. The molecule has 0 saturated carbocycles. The largest absolute Gasteiger partial charge is 0.371 e. The monoisotopic (exact) mass is 424 g/mol. The van der Waals surface area contributed by atoms with Crippen LogP contribution >= 0.6 is 11.6 Å². The minimum Gasteiger partial charge on any atom is -0.371 e. The van der Waals surface area contributed by atoms with Crippen LogP contribution in [0.3, 0.4) is 0 Å². The number of halogens is 1. The summed E-state index contributed by atoms with van der Waals surface area (Å²) in [6.07, 6.45) is 3.99. The van der Waals surface area contributed by atoms with Crippen LogP contribution in [0.15, 0.2) is 36.4 Å². The molecule has 7 heteroatoms. The van der Waals surface area contributed by atoms with Crippen LogP contribution in [0.4, 0.5) is 11.4 Å². The summed E-state index contributed by atoms with van der Waals surface area (Å²) in [4.78, 5) is 26.7. The third-order valence-corrected chi connectivity index (χ3v) is 5.34. The zero-order valence-corrected chi connectivity index (χ0v) is 17.8. The fraction of sp³-hybridized carbons (Fsp3) is 0.348. The predicted octanol–water partition coefficient (Wildman–Crippen LogP) is 3.67. The van der Waals surface area contributed by atoms with E-state index in [9.17, 15) is 9.59 Å². The van der Waals surface area contributed by atoms with Crippen LogP contribution in [0.25, 0.3) is 0 Å². The lowest BCUT2D eigenvalue weighted by atomic mass is 9.98. The number of nitrogens with one attached hydrogen (secondary N) is 2. The Morgan fingerprint density at radius 3 is 2.80 bits per heavy atom. The number of carbonyl (C=O) groups is 2. The fourth-order valence-electron chi connectivity index (χ4n) is 3.68. The van der Waals surface area contributed by atoms with Gasteiger partial charge in [0.05, 0.1) is 11.3 Å². The number of aryl methyl sites for hydroxylation is 1. The Morgan fingerprint density at radius 2 is 2.03 bits per heavy atom. The van der Waals surface area contributed by atoms with Crippen molar-refractivity contribution in [1.82, 2.24) is 5.32 Å². The first-order valence-electron chi connectivity index (χ1n) is 10.2. The molecule has 0 atom stereocenters. The van der Waals surface area contributed by atoms with E-state index >= 15 is 0 Å². The van der Waals surface area contributed by atoms with Gasteiger partial charge in [0.25, 0.3) is 0 Å². The lowest BCUT2D eigenvalue weighted by Gasteiger charge is -2.31. The molecule has 0 saturated heterocycles. The molecule has 1 aliphatic rings. The fourth-order valence-corrected chi connectivity index (χ4v) is 3.86. The molecule has 0 fully saturated rings. The normalized spacial score (nSPS) is 12.6. The third-order valence-electron chi connectivity index (χ3n) is 5.11. The molecule has 0 aromatic heterocycles. The van der Waals surface area contributed by atoms with E-state index in [1.54, 1.807) is 6.07 Å².